The first-order valence-electron chi connectivity index (χ1n) is 4.28. The SMILES string of the molecule is CC(C)(F)c1nc2nc(N)ccc2[nH]1. The number of nitrogens with zero attached hydrogens (tertiary/aromatic N) is 2. The van der Waals surface area contributed by atoms with Gasteiger partial charge in [0.2, 0.25) is 0 Å². The van der Waals surface area contributed by atoms with E-state index in [1.165, 1.54) is 13.8 Å². The van der Waals surface area contributed by atoms with Gasteiger partial charge >= 0.3 is 0 Å². The lowest BCUT2D eigenvalue weighted by molar-refractivity contribution is 0.208. The van der Waals surface area contributed by atoms with Gasteiger partial charge in [0.15, 0.2) is 11.3 Å². The number of anilines is 1. The van der Waals surface area contributed by atoms with Crippen molar-refractivity contribution in [2.45, 2.75) is 19.5 Å². The minimum Gasteiger partial charge on any atom is -0.384 e. The molecule has 0 amide bonds. The first-order valence-corrected chi connectivity index (χ1v) is 4.28. The molecule has 0 aliphatic rings. The van der Waals surface area contributed by atoms with Crippen molar-refractivity contribution in [2.75, 3.05) is 5.73 Å². The number of aromatic amines is 1. The number of rotatable bonds is 1. The van der Waals surface area contributed by atoms with Crippen LogP contribution in [0.15, 0.2) is 12.1 Å². The van der Waals surface area contributed by atoms with E-state index in [1.54, 1.807) is 12.1 Å². The summed E-state index contributed by atoms with van der Waals surface area (Å²) in [6.07, 6.45) is 0. The summed E-state index contributed by atoms with van der Waals surface area (Å²) in [6.45, 7) is 2.88. The van der Waals surface area contributed by atoms with Crippen molar-refractivity contribution in [2.24, 2.45) is 0 Å². The second-order valence-corrected chi connectivity index (χ2v) is 3.67. The maximum atomic E-state index is 13.5. The number of hydrogen-bond acceptors (Lipinski definition) is 3. The van der Waals surface area contributed by atoms with Crippen LogP contribution in [0.4, 0.5) is 10.2 Å². The maximum Gasteiger partial charge on any atom is 0.179 e. The highest BCUT2D eigenvalue weighted by atomic mass is 19.1. The molecule has 2 aromatic rings. The summed E-state index contributed by atoms with van der Waals surface area (Å²) in [5.74, 6) is 0.651. The predicted octanol–water partition coefficient (Wildman–Crippen LogP) is 1.74. The number of nitrogens with two attached hydrogens (primary N) is 1. The van der Waals surface area contributed by atoms with Gasteiger partial charge in [0, 0.05) is 0 Å². The maximum absolute atomic E-state index is 13.5. The fraction of sp³-hybridized carbons (Fsp3) is 0.333. The highest BCUT2D eigenvalue weighted by Crippen LogP contribution is 2.23. The Bertz CT molecular complexity index is 469. The molecule has 0 aliphatic heterocycles. The van der Waals surface area contributed by atoms with Crippen molar-refractivity contribution in [1.29, 1.82) is 0 Å². The van der Waals surface area contributed by atoms with Gasteiger partial charge in [-0.2, -0.15) is 0 Å². The van der Waals surface area contributed by atoms with Crippen LogP contribution < -0.4 is 5.73 Å². The minimum atomic E-state index is -1.49. The van der Waals surface area contributed by atoms with Gasteiger partial charge in [0.25, 0.3) is 0 Å². The van der Waals surface area contributed by atoms with Crippen molar-refractivity contribution < 1.29 is 4.39 Å². The number of fused-ring (bicyclic) bond motifs is 1. The molecule has 0 saturated carbocycles. The van der Waals surface area contributed by atoms with Gasteiger partial charge in [-0.05, 0) is 26.0 Å². The number of imidazole rings is 1. The molecule has 0 fully saturated rings. The molecule has 5 heteroatoms. The highest BCUT2D eigenvalue weighted by molar-refractivity contribution is 5.72. The van der Waals surface area contributed by atoms with Crippen LogP contribution in [-0.4, -0.2) is 15.0 Å². The van der Waals surface area contributed by atoms with Crippen molar-refractivity contribution in [3.05, 3.63) is 18.0 Å². The topological polar surface area (TPSA) is 67.6 Å². The van der Waals surface area contributed by atoms with E-state index in [-0.39, 0.29) is 5.82 Å². The number of alkyl halides is 1. The fourth-order valence-electron chi connectivity index (χ4n) is 1.19. The molecular weight excluding hydrogens is 183 g/mol. The summed E-state index contributed by atoms with van der Waals surface area (Å²) in [4.78, 5) is 10.9. The zero-order valence-corrected chi connectivity index (χ0v) is 8.00. The third kappa shape index (κ3) is 1.41. The average molecular weight is 194 g/mol. The van der Waals surface area contributed by atoms with Crippen LogP contribution in [0.3, 0.4) is 0 Å². The summed E-state index contributed by atoms with van der Waals surface area (Å²) >= 11 is 0. The fourth-order valence-corrected chi connectivity index (χ4v) is 1.19. The van der Waals surface area contributed by atoms with Crippen molar-refractivity contribution in [3.8, 4) is 0 Å². The minimum absolute atomic E-state index is 0.269. The zero-order chi connectivity index (χ0) is 10.3. The molecule has 4 nitrogen and oxygen atoms in total. The van der Waals surface area contributed by atoms with Gasteiger partial charge < -0.3 is 10.7 Å². The Morgan fingerprint density at radius 1 is 1.36 bits per heavy atom. The van der Waals surface area contributed by atoms with E-state index in [0.717, 1.165) is 0 Å². The molecule has 0 aliphatic carbocycles. The lowest BCUT2D eigenvalue weighted by Crippen LogP contribution is -2.10. The molecule has 0 saturated heterocycles. The van der Waals surface area contributed by atoms with Crippen LogP contribution in [0, 0.1) is 0 Å². The van der Waals surface area contributed by atoms with Crippen molar-refractivity contribution >= 4 is 17.0 Å². The van der Waals surface area contributed by atoms with E-state index < -0.39 is 5.67 Å². The number of nitrogens with one attached hydrogen (secondary N) is 1. The molecule has 2 rings (SSSR count). The number of pyridine rings is 1. The molecule has 0 aromatic carbocycles. The number of halogens is 1. The summed E-state index contributed by atoms with van der Waals surface area (Å²) in [6, 6.07) is 3.38. The second-order valence-electron chi connectivity index (χ2n) is 3.67. The zero-order valence-electron chi connectivity index (χ0n) is 8.00. The quantitative estimate of drug-likeness (QED) is 0.726. The second kappa shape index (κ2) is 2.67. The Morgan fingerprint density at radius 2 is 2.07 bits per heavy atom. The van der Waals surface area contributed by atoms with Gasteiger partial charge in [-0.3, -0.25) is 0 Å². The van der Waals surface area contributed by atoms with Crippen LogP contribution >= 0.6 is 0 Å². The molecule has 0 bridgehead atoms. The van der Waals surface area contributed by atoms with E-state index >= 15 is 0 Å². The van der Waals surface area contributed by atoms with Crippen molar-refractivity contribution in [1.82, 2.24) is 15.0 Å². The van der Waals surface area contributed by atoms with Gasteiger partial charge in [-0.25, -0.2) is 14.4 Å². The molecule has 74 valence electrons. The molecule has 2 heterocycles. The Kier molecular flexibility index (Phi) is 1.70. The van der Waals surface area contributed by atoms with Crippen LogP contribution in [-0.2, 0) is 5.67 Å². The Balaban J connectivity index is 2.63. The number of aromatic nitrogens is 3. The Morgan fingerprint density at radius 3 is 2.71 bits per heavy atom. The van der Waals surface area contributed by atoms with Gasteiger partial charge in [-0.15, -0.1) is 0 Å². The summed E-state index contributed by atoms with van der Waals surface area (Å²) in [5.41, 5.74) is 5.14. The Hall–Kier alpha value is -1.65. The number of H-pyrrole nitrogens is 1. The first-order chi connectivity index (χ1) is 6.47. The van der Waals surface area contributed by atoms with E-state index in [4.69, 9.17) is 5.73 Å². The lowest BCUT2D eigenvalue weighted by Gasteiger charge is -2.08. The number of hydrogen-bond donors (Lipinski definition) is 2. The molecule has 14 heavy (non-hydrogen) atoms. The molecule has 3 N–H and O–H groups in total. The molecule has 0 spiro atoms. The first kappa shape index (κ1) is 8.93. The third-order valence-corrected chi connectivity index (χ3v) is 1.93. The lowest BCUT2D eigenvalue weighted by atomic mass is 10.2. The van der Waals surface area contributed by atoms with Crippen LogP contribution in [0.1, 0.15) is 19.7 Å². The van der Waals surface area contributed by atoms with Gasteiger partial charge in [0.1, 0.15) is 11.6 Å². The Labute approximate surface area is 80.4 Å². The average Bonchev–Trinajstić information content (AvgIpc) is 2.45. The highest BCUT2D eigenvalue weighted by Gasteiger charge is 2.23. The van der Waals surface area contributed by atoms with E-state index in [1.807, 2.05) is 0 Å². The molecular formula is C9H11FN4. The number of nitrogen functional groups attached to an aromatic ring is 1. The van der Waals surface area contributed by atoms with Crippen LogP contribution in [0.25, 0.3) is 11.2 Å². The van der Waals surface area contributed by atoms with Crippen molar-refractivity contribution in [3.63, 3.8) is 0 Å². The van der Waals surface area contributed by atoms with Gasteiger partial charge in [0.05, 0.1) is 5.52 Å². The monoisotopic (exact) mass is 194 g/mol. The van der Waals surface area contributed by atoms with E-state index in [9.17, 15) is 4.39 Å². The predicted molar refractivity (Wildman–Crippen MR) is 52.4 cm³/mol. The standard InChI is InChI=1S/C9H11FN4/c1-9(2,10)8-12-5-3-4-6(11)13-7(5)14-8/h3-4H,1-2H3,(H3,11,12,13,14). The van der Waals surface area contributed by atoms with Crippen LogP contribution in [0.5, 0.6) is 0 Å². The summed E-state index contributed by atoms with van der Waals surface area (Å²) in [7, 11) is 0. The molecule has 0 atom stereocenters. The largest absolute Gasteiger partial charge is 0.384 e. The molecule has 0 unspecified atom stereocenters. The normalized spacial score (nSPS) is 12.2. The van der Waals surface area contributed by atoms with Crippen LogP contribution in [0.2, 0.25) is 0 Å². The van der Waals surface area contributed by atoms with Gasteiger partial charge in [-0.1, -0.05) is 0 Å². The summed E-state index contributed by atoms with van der Waals surface area (Å²) in [5, 5.41) is 0. The molecule has 2 aromatic heterocycles. The van der Waals surface area contributed by atoms with E-state index in [0.29, 0.717) is 17.0 Å². The third-order valence-electron chi connectivity index (χ3n) is 1.93. The molecule has 0 radical (unpaired) electrons. The smallest absolute Gasteiger partial charge is 0.179 e. The summed E-state index contributed by atoms with van der Waals surface area (Å²) < 4.78 is 13.5. The van der Waals surface area contributed by atoms with E-state index in [2.05, 4.69) is 15.0 Å².